The standard InChI is InChI=1S/C13H18N2S2.C12H16N2S2/c1-2-3-4-7-10-14-17-13-15-11-8-5-6-9-12(11)16-13;1-2-3-6-9-13-16-12-14-10-7-4-5-8-11(10)15-12/h5-6,8-9,14H,2-4,7,10H2,1H3;4-5,7-8,13H,2-3,6,9H2,1H3. The fourth-order valence-electron chi connectivity index (χ4n) is 3.09. The molecule has 2 aromatic carbocycles. The van der Waals surface area contributed by atoms with E-state index in [1.54, 1.807) is 46.6 Å². The number of aromatic nitrogens is 2. The summed E-state index contributed by atoms with van der Waals surface area (Å²) in [4.78, 5) is 9.12. The highest BCUT2D eigenvalue weighted by atomic mass is 32.2. The highest BCUT2D eigenvalue weighted by Crippen LogP contribution is 2.28. The van der Waals surface area contributed by atoms with E-state index in [1.165, 1.54) is 54.3 Å². The number of hydrogen-bond acceptors (Lipinski definition) is 8. The van der Waals surface area contributed by atoms with Crippen LogP contribution in [0.1, 0.15) is 58.8 Å². The summed E-state index contributed by atoms with van der Waals surface area (Å²) in [6, 6.07) is 16.6. The van der Waals surface area contributed by atoms with Gasteiger partial charge in [0.2, 0.25) is 0 Å². The maximum atomic E-state index is 4.57. The van der Waals surface area contributed by atoms with Crippen molar-refractivity contribution in [3.8, 4) is 0 Å². The normalized spacial score (nSPS) is 11.1. The molecule has 0 aliphatic heterocycles. The van der Waals surface area contributed by atoms with Gasteiger partial charge in [0.25, 0.3) is 0 Å². The number of thiazole rings is 2. The number of hydrogen-bond donors (Lipinski definition) is 2. The van der Waals surface area contributed by atoms with E-state index in [9.17, 15) is 0 Å². The van der Waals surface area contributed by atoms with Gasteiger partial charge in [0.15, 0.2) is 8.68 Å². The van der Waals surface area contributed by atoms with E-state index in [0.717, 1.165) is 32.8 Å². The Bertz CT molecular complexity index is 997. The highest BCUT2D eigenvalue weighted by molar-refractivity contribution is 7.99. The van der Waals surface area contributed by atoms with E-state index in [-0.39, 0.29) is 0 Å². The van der Waals surface area contributed by atoms with Crippen LogP contribution in [0.25, 0.3) is 20.4 Å². The Morgan fingerprint density at radius 3 is 1.58 bits per heavy atom. The first-order valence-electron chi connectivity index (χ1n) is 11.8. The molecule has 2 aromatic heterocycles. The van der Waals surface area contributed by atoms with Crippen LogP contribution in [0.5, 0.6) is 0 Å². The Morgan fingerprint density at radius 2 is 1.09 bits per heavy atom. The van der Waals surface area contributed by atoms with Crippen molar-refractivity contribution in [1.82, 2.24) is 19.4 Å². The zero-order valence-corrected chi connectivity index (χ0v) is 22.8. The third-order valence-electron chi connectivity index (χ3n) is 4.88. The average molecular weight is 519 g/mol. The number of nitrogens with one attached hydrogen (secondary N) is 2. The van der Waals surface area contributed by atoms with Crippen LogP contribution in [0.3, 0.4) is 0 Å². The Hall–Kier alpha value is -1.16. The summed E-state index contributed by atoms with van der Waals surface area (Å²) >= 11 is 6.82. The van der Waals surface area contributed by atoms with Gasteiger partial charge < -0.3 is 0 Å². The van der Waals surface area contributed by atoms with Gasteiger partial charge in [-0.05, 0) is 61.0 Å². The summed E-state index contributed by atoms with van der Waals surface area (Å²) in [6.07, 6.45) is 9.03. The summed E-state index contributed by atoms with van der Waals surface area (Å²) in [5.41, 5.74) is 2.21. The monoisotopic (exact) mass is 518 g/mol. The van der Waals surface area contributed by atoms with Gasteiger partial charge in [-0.3, -0.25) is 9.44 Å². The van der Waals surface area contributed by atoms with E-state index >= 15 is 0 Å². The first-order chi connectivity index (χ1) is 16.3. The van der Waals surface area contributed by atoms with Crippen LogP contribution in [0.4, 0.5) is 0 Å². The molecule has 0 aliphatic carbocycles. The predicted octanol–water partition coefficient (Wildman–Crippen LogP) is 8.56. The van der Waals surface area contributed by atoms with Crippen LogP contribution >= 0.6 is 46.6 Å². The molecule has 0 aliphatic rings. The minimum atomic E-state index is 1.06. The summed E-state index contributed by atoms with van der Waals surface area (Å²) < 4.78 is 11.5. The van der Waals surface area contributed by atoms with Crippen molar-refractivity contribution in [3.05, 3.63) is 48.5 Å². The quantitative estimate of drug-likeness (QED) is 0.137. The molecule has 8 heteroatoms. The Balaban J connectivity index is 0.000000186. The first kappa shape index (κ1) is 26.4. The van der Waals surface area contributed by atoms with Gasteiger partial charge >= 0.3 is 0 Å². The van der Waals surface area contributed by atoms with Crippen LogP contribution in [-0.2, 0) is 0 Å². The lowest BCUT2D eigenvalue weighted by Gasteiger charge is -2.00. The van der Waals surface area contributed by atoms with Gasteiger partial charge in [-0.25, -0.2) is 9.97 Å². The Labute approximate surface area is 214 Å². The fourth-order valence-corrected chi connectivity index (χ4v) is 6.73. The first-order valence-corrected chi connectivity index (χ1v) is 15.1. The number of para-hydroxylation sites is 2. The van der Waals surface area contributed by atoms with Gasteiger partial charge in [0.1, 0.15) is 0 Å². The summed E-state index contributed by atoms with van der Waals surface area (Å²) in [7, 11) is 0. The molecule has 4 nitrogen and oxygen atoms in total. The molecule has 0 fully saturated rings. The number of benzene rings is 2. The van der Waals surface area contributed by atoms with Crippen molar-refractivity contribution < 1.29 is 0 Å². The largest absolute Gasteiger partial charge is 0.258 e. The van der Waals surface area contributed by atoms with Crippen molar-refractivity contribution in [2.45, 2.75) is 67.5 Å². The lowest BCUT2D eigenvalue weighted by molar-refractivity contribution is 0.662. The van der Waals surface area contributed by atoms with E-state index in [2.05, 4.69) is 69.7 Å². The fraction of sp³-hybridized carbons (Fsp3) is 0.440. The molecule has 0 unspecified atom stereocenters. The van der Waals surface area contributed by atoms with Gasteiger partial charge in [-0.15, -0.1) is 22.7 Å². The smallest absolute Gasteiger partial charge is 0.166 e. The molecule has 0 spiro atoms. The molecular formula is C25H34N4S4. The van der Waals surface area contributed by atoms with Gasteiger partial charge in [0.05, 0.1) is 20.4 Å². The second-order valence-electron chi connectivity index (χ2n) is 7.66. The van der Waals surface area contributed by atoms with Gasteiger partial charge in [-0.1, -0.05) is 70.2 Å². The van der Waals surface area contributed by atoms with Crippen molar-refractivity contribution >= 4 is 67.0 Å². The van der Waals surface area contributed by atoms with Gasteiger partial charge in [-0.2, -0.15) is 0 Å². The Morgan fingerprint density at radius 1 is 0.636 bits per heavy atom. The maximum Gasteiger partial charge on any atom is 0.166 e. The predicted molar refractivity (Wildman–Crippen MR) is 151 cm³/mol. The topological polar surface area (TPSA) is 49.8 Å². The lowest BCUT2D eigenvalue weighted by atomic mass is 10.2. The summed E-state index contributed by atoms with van der Waals surface area (Å²) in [6.45, 7) is 6.60. The molecule has 0 atom stereocenters. The molecule has 2 heterocycles. The van der Waals surface area contributed by atoms with E-state index in [4.69, 9.17) is 0 Å². The zero-order chi connectivity index (χ0) is 23.1. The number of fused-ring (bicyclic) bond motifs is 2. The molecule has 4 aromatic rings. The van der Waals surface area contributed by atoms with Crippen molar-refractivity contribution in [2.75, 3.05) is 13.1 Å². The van der Waals surface area contributed by atoms with Crippen LogP contribution in [0.15, 0.2) is 57.2 Å². The Kier molecular flexibility index (Phi) is 12.6. The molecular weight excluding hydrogens is 485 g/mol. The van der Waals surface area contributed by atoms with E-state index in [1.807, 2.05) is 12.1 Å². The second-order valence-corrected chi connectivity index (χ2v) is 12.0. The summed E-state index contributed by atoms with van der Waals surface area (Å²) in [5, 5.41) is 0. The van der Waals surface area contributed by atoms with Crippen molar-refractivity contribution in [2.24, 2.45) is 0 Å². The molecule has 0 saturated heterocycles. The molecule has 33 heavy (non-hydrogen) atoms. The van der Waals surface area contributed by atoms with E-state index in [0.29, 0.717) is 0 Å². The number of nitrogens with zero attached hydrogens (tertiary/aromatic N) is 2. The SMILES string of the molecule is CCCCCCNSc1nc2ccccc2s1.CCCCCNSc1nc2ccccc2s1. The lowest BCUT2D eigenvalue weighted by Crippen LogP contribution is -2.04. The zero-order valence-electron chi connectivity index (χ0n) is 19.5. The van der Waals surface area contributed by atoms with Crippen LogP contribution in [0, 0.1) is 0 Å². The number of unbranched alkanes of at least 4 members (excludes halogenated alkanes) is 5. The van der Waals surface area contributed by atoms with Crippen molar-refractivity contribution in [1.29, 1.82) is 0 Å². The number of rotatable bonds is 13. The molecule has 4 rings (SSSR count). The highest BCUT2D eigenvalue weighted by Gasteiger charge is 2.03. The molecule has 0 amide bonds. The average Bonchev–Trinajstić information content (AvgIpc) is 3.45. The maximum absolute atomic E-state index is 4.57. The second kappa shape index (κ2) is 15.7. The molecule has 0 bridgehead atoms. The van der Waals surface area contributed by atoms with Crippen LogP contribution in [0.2, 0.25) is 0 Å². The third-order valence-corrected chi connectivity index (χ3v) is 8.77. The molecule has 0 saturated carbocycles. The minimum absolute atomic E-state index is 1.06. The van der Waals surface area contributed by atoms with E-state index < -0.39 is 0 Å². The molecule has 2 N–H and O–H groups in total. The molecule has 0 radical (unpaired) electrons. The molecule has 178 valence electrons. The van der Waals surface area contributed by atoms with Crippen molar-refractivity contribution in [3.63, 3.8) is 0 Å². The summed E-state index contributed by atoms with van der Waals surface area (Å²) in [5.74, 6) is 0. The van der Waals surface area contributed by atoms with Crippen LogP contribution in [-0.4, -0.2) is 23.1 Å². The third kappa shape index (κ3) is 9.54. The van der Waals surface area contributed by atoms with Gasteiger partial charge in [0, 0.05) is 13.1 Å². The minimum Gasteiger partial charge on any atom is -0.258 e. The van der Waals surface area contributed by atoms with Crippen LogP contribution < -0.4 is 9.44 Å².